The van der Waals surface area contributed by atoms with Crippen LogP contribution < -0.4 is 0 Å². The van der Waals surface area contributed by atoms with Crippen LogP contribution in [0.25, 0.3) is 0 Å². The van der Waals surface area contributed by atoms with E-state index in [0.29, 0.717) is 0 Å². The SMILES string of the molecule is C1CCCCC1.CC.COC(C)=O. The van der Waals surface area contributed by atoms with Gasteiger partial charge in [0, 0.05) is 6.92 Å². The van der Waals surface area contributed by atoms with Crippen LogP contribution in [0.5, 0.6) is 0 Å². The first-order chi connectivity index (χ1) is 6.27. The molecule has 1 fully saturated rings. The highest BCUT2D eigenvalue weighted by atomic mass is 16.5. The van der Waals surface area contributed by atoms with Crippen molar-refractivity contribution >= 4 is 5.97 Å². The highest BCUT2D eigenvalue weighted by Gasteiger charge is 1.95. The maximum absolute atomic E-state index is 9.59. The molecule has 1 saturated carbocycles. The van der Waals surface area contributed by atoms with Crippen molar-refractivity contribution in [2.24, 2.45) is 0 Å². The van der Waals surface area contributed by atoms with Gasteiger partial charge in [-0.15, -0.1) is 0 Å². The molecule has 0 bridgehead atoms. The molecule has 1 rings (SSSR count). The quantitative estimate of drug-likeness (QED) is 0.543. The third-order valence-corrected chi connectivity index (χ3v) is 1.79. The summed E-state index contributed by atoms with van der Waals surface area (Å²) >= 11 is 0. The molecule has 0 radical (unpaired) electrons. The van der Waals surface area contributed by atoms with E-state index in [2.05, 4.69) is 4.74 Å². The van der Waals surface area contributed by atoms with Gasteiger partial charge in [0.05, 0.1) is 7.11 Å². The molecular weight excluding hydrogens is 164 g/mol. The molecular formula is C11H24O2. The molecule has 0 unspecified atom stereocenters. The summed E-state index contributed by atoms with van der Waals surface area (Å²) < 4.78 is 4.11. The van der Waals surface area contributed by atoms with Crippen LogP contribution in [0, 0.1) is 0 Å². The minimum Gasteiger partial charge on any atom is -0.469 e. The van der Waals surface area contributed by atoms with Gasteiger partial charge in [0.25, 0.3) is 0 Å². The van der Waals surface area contributed by atoms with E-state index in [-0.39, 0.29) is 5.97 Å². The standard InChI is InChI=1S/C6H12.C3H6O2.C2H6/c1-2-4-6-5-3-1;1-3(4)5-2;1-2/h1-6H2;1-2H3;1-2H3. The van der Waals surface area contributed by atoms with E-state index in [1.54, 1.807) is 0 Å². The lowest BCUT2D eigenvalue weighted by atomic mass is 10.0. The molecule has 0 amide bonds. The number of esters is 1. The van der Waals surface area contributed by atoms with Crippen LogP contribution in [0.1, 0.15) is 59.3 Å². The maximum atomic E-state index is 9.59. The molecule has 1 aliphatic rings. The second kappa shape index (κ2) is 14.0. The molecule has 0 N–H and O–H groups in total. The van der Waals surface area contributed by atoms with Crippen LogP contribution >= 0.6 is 0 Å². The van der Waals surface area contributed by atoms with Crippen molar-refractivity contribution in [2.75, 3.05) is 7.11 Å². The van der Waals surface area contributed by atoms with Crippen molar-refractivity contribution in [1.82, 2.24) is 0 Å². The van der Waals surface area contributed by atoms with E-state index in [1.165, 1.54) is 52.6 Å². The van der Waals surface area contributed by atoms with Gasteiger partial charge in [0.1, 0.15) is 0 Å². The summed E-state index contributed by atoms with van der Waals surface area (Å²) in [6.07, 6.45) is 9.00. The minimum atomic E-state index is -0.245. The summed E-state index contributed by atoms with van der Waals surface area (Å²) in [6, 6.07) is 0. The highest BCUT2D eigenvalue weighted by molar-refractivity contribution is 5.65. The molecule has 1 aliphatic carbocycles. The zero-order valence-electron chi connectivity index (χ0n) is 9.56. The molecule has 13 heavy (non-hydrogen) atoms. The second-order valence-corrected chi connectivity index (χ2v) is 2.82. The Labute approximate surface area is 82.7 Å². The monoisotopic (exact) mass is 188 g/mol. The summed E-state index contributed by atoms with van der Waals surface area (Å²) in [7, 11) is 1.35. The number of ether oxygens (including phenoxy) is 1. The van der Waals surface area contributed by atoms with Gasteiger partial charge in [0.2, 0.25) is 0 Å². The Morgan fingerprint density at radius 1 is 0.923 bits per heavy atom. The Morgan fingerprint density at radius 3 is 1.15 bits per heavy atom. The molecule has 0 saturated heterocycles. The van der Waals surface area contributed by atoms with E-state index in [0.717, 1.165) is 0 Å². The lowest BCUT2D eigenvalue weighted by Gasteiger charge is -2.05. The topological polar surface area (TPSA) is 26.3 Å². The molecule has 0 aliphatic heterocycles. The average Bonchev–Trinajstić information content (AvgIpc) is 2.24. The number of carbonyl (C=O) groups excluding carboxylic acids is 1. The fraction of sp³-hybridized carbons (Fsp3) is 0.909. The average molecular weight is 188 g/mol. The lowest BCUT2D eigenvalue weighted by molar-refractivity contribution is -0.137. The first kappa shape index (κ1) is 15.0. The number of methoxy groups -OCH3 is 1. The summed E-state index contributed by atoms with van der Waals surface area (Å²) in [5.74, 6) is -0.245. The van der Waals surface area contributed by atoms with Crippen LogP contribution in [0.15, 0.2) is 0 Å². The van der Waals surface area contributed by atoms with E-state index < -0.39 is 0 Å². The fourth-order valence-electron chi connectivity index (χ4n) is 1.06. The summed E-state index contributed by atoms with van der Waals surface area (Å²) in [5.41, 5.74) is 0. The van der Waals surface area contributed by atoms with Crippen molar-refractivity contribution in [3.05, 3.63) is 0 Å². The third-order valence-electron chi connectivity index (χ3n) is 1.79. The number of rotatable bonds is 0. The highest BCUT2D eigenvalue weighted by Crippen LogP contribution is 2.15. The molecule has 0 spiro atoms. The molecule has 2 heteroatoms. The van der Waals surface area contributed by atoms with E-state index >= 15 is 0 Å². The van der Waals surface area contributed by atoms with Gasteiger partial charge in [-0.3, -0.25) is 4.79 Å². The van der Waals surface area contributed by atoms with Gasteiger partial charge >= 0.3 is 5.97 Å². The molecule has 0 aromatic rings. The van der Waals surface area contributed by atoms with Crippen LogP contribution in [0.3, 0.4) is 0 Å². The van der Waals surface area contributed by atoms with Crippen LogP contribution in [0.4, 0.5) is 0 Å². The first-order valence-corrected chi connectivity index (χ1v) is 5.32. The normalized spacial score (nSPS) is 14.2. The molecule has 0 atom stereocenters. The molecule has 80 valence electrons. The Morgan fingerprint density at radius 2 is 1.08 bits per heavy atom. The molecule has 0 aromatic carbocycles. The summed E-state index contributed by atoms with van der Waals surface area (Å²) in [5, 5.41) is 0. The summed E-state index contributed by atoms with van der Waals surface area (Å²) in [6.45, 7) is 5.36. The largest absolute Gasteiger partial charge is 0.469 e. The number of carbonyl (C=O) groups is 1. The fourth-order valence-corrected chi connectivity index (χ4v) is 1.06. The van der Waals surface area contributed by atoms with Gasteiger partial charge < -0.3 is 4.74 Å². The van der Waals surface area contributed by atoms with Crippen molar-refractivity contribution in [3.63, 3.8) is 0 Å². The maximum Gasteiger partial charge on any atom is 0.302 e. The predicted octanol–water partition coefficient (Wildman–Crippen LogP) is 3.55. The van der Waals surface area contributed by atoms with Crippen molar-refractivity contribution in [3.8, 4) is 0 Å². The van der Waals surface area contributed by atoms with Crippen molar-refractivity contribution < 1.29 is 9.53 Å². The predicted molar refractivity (Wildman–Crippen MR) is 56.7 cm³/mol. The van der Waals surface area contributed by atoms with Crippen molar-refractivity contribution in [2.45, 2.75) is 59.3 Å². The van der Waals surface area contributed by atoms with Crippen LogP contribution in [-0.2, 0) is 9.53 Å². The Hall–Kier alpha value is -0.530. The van der Waals surface area contributed by atoms with Crippen molar-refractivity contribution in [1.29, 1.82) is 0 Å². The zero-order chi connectivity index (χ0) is 10.5. The van der Waals surface area contributed by atoms with E-state index in [1.807, 2.05) is 13.8 Å². The summed E-state index contributed by atoms with van der Waals surface area (Å²) in [4.78, 5) is 9.59. The van der Waals surface area contributed by atoms with E-state index in [9.17, 15) is 4.79 Å². The van der Waals surface area contributed by atoms with Gasteiger partial charge in [-0.1, -0.05) is 52.4 Å². The Balaban J connectivity index is 0. The van der Waals surface area contributed by atoms with Crippen LogP contribution in [-0.4, -0.2) is 13.1 Å². The van der Waals surface area contributed by atoms with Gasteiger partial charge in [-0.25, -0.2) is 0 Å². The van der Waals surface area contributed by atoms with Gasteiger partial charge in [0.15, 0.2) is 0 Å². The third kappa shape index (κ3) is 18.4. The Kier molecular flexibility index (Phi) is 16.1. The molecule has 0 aromatic heterocycles. The molecule has 0 heterocycles. The number of hydrogen-bond acceptors (Lipinski definition) is 2. The smallest absolute Gasteiger partial charge is 0.302 e. The Bertz CT molecular complexity index is 84.8. The first-order valence-electron chi connectivity index (χ1n) is 5.32. The van der Waals surface area contributed by atoms with Gasteiger partial charge in [-0.2, -0.15) is 0 Å². The minimum absolute atomic E-state index is 0.245. The van der Waals surface area contributed by atoms with Crippen LogP contribution in [0.2, 0.25) is 0 Å². The number of hydrogen-bond donors (Lipinski definition) is 0. The molecule has 2 nitrogen and oxygen atoms in total. The van der Waals surface area contributed by atoms with E-state index in [4.69, 9.17) is 0 Å². The second-order valence-electron chi connectivity index (χ2n) is 2.82. The zero-order valence-corrected chi connectivity index (χ0v) is 9.56. The van der Waals surface area contributed by atoms with Gasteiger partial charge in [-0.05, 0) is 0 Å². The lowest BCUT2D eigenvalue weighted by Crippen LogP contribution is -1.88.